The Morgan fingerprint density at radius 2 is 1.88 bits per heavy atom. The number of rotatable bonds is 5. The summed E-state index contributed by atoms with van der Waals surface area (Å²) in [7, 11) is 0. The Balaban J connectivity index is 1.17. The van der Waals surface area contributed by atoms with Crippen LogP contribution in [-0.4, -0.2) is 64.6 Å². The van der Waals surface area contributed by atoms with Crippen LogP contribution in [0.1, 0.15) is 19.2 Å². The molecule has 1 atom stereocenters. The third kappa shape index (κ3) is 4.35. The van der Waals surface area contributed by atoms with E-state index in [9.17, 15) is 14.0 Å². The zero-order valence-electron chi connectivity index (χ0n) is 18.9. The molecule has 3 aromatic rings. The van der Waals surface area contributed by atoms with E-state index in [1.807, 2.05) is 24.0 Å². The molecule has 2 aliphatic heterocycles. The van der Waals surface area contributed by atoms with Gasteiger partial charge in [-0.15, -0.1) is 0 Å². The summed E-state index contributed by atoms with van der Waals surface area (Å²) in [5.74, 6) is 1.07. The van der Waals surface area contributed by atoms with Gasteiger partial charge in [0.25, 0.3) is 0 Å². The highest BCUT2D eigenvalue weighted by atomic mass is 19.1. The molecule has 2 saturated heterocycles. The maximum absolute atomic E-state index is 13.2. The summed E-state index contributed by atoms with van der Waals surface area (Å²) < 4.78 is 18.4. The van der Waals surface area contributed by atoms with Crippen molar-refractivity contribution in [2.75, 3.05) is 42.5 Å². The van der Waals surface area contributed by atoms with Crippen LogP contribution in [0, 0.1) is 11.7 Å². The third-order valence-corrected chi connectivity index (χ3v) is 6.30. The first kappa shape index (κ1) is 22.0. The van der Waals surface area contributed by atoms with Crippen LogP contribution in [0.15, 0.2) is 47.1 Å². The molecule has 0 aliphatic carbocycles. The highest BCUT2D eigenvalue weighted by Crippen LogP contribution is 2.27. The van der Waals surface area contributed by atoms with Crippen molar-refractivity contribution >= 4 is 23.3 Å². The largest absolute Gasteiger partial charge is 0.353 e. The van der Waals surface area contributed by atoms with Crippen LogP contribution >= 0.6 is 0 Å². The van der Waals surface area contributed by atoms with Crippen molar-refractivity contribution in [3.05, 3.63) is 54.3 Å². The van der Waals surface area contributed by atoms with Crippen molar-refractivity contribution in [1.82, 2.24) is 20.0 Å². The van der Waals surface area contributed by atoms with E-state index < -0.39 is 0 Å². The first-order valence-electron chi connectivity index (χ1n) is 11.4. The average Bonchev–Trinajstić information content (AvgIpc) is 3.51. The van der Waals surface area contributed by atoms with Crippen LogP contribution in [0.4, 0.5) is 15.9 Å². The monoisotopic (exact) mass is 464 g/mol. The first-order valence-corrected chi connectivity index (χ1v) is 11.4. The number of aryl methyl sites for hydroxylation is 1. The molecule has 0 saturated carbocycles. The summed E-state index contributed by atoms with van der Waals surface area (Å²) >= 11 is 0. The number of pyridine rings is 1. The van der Waals surface area contributed by atoms with Crippen molar-refractivity contribution in [2.24, 2.45) is 5.92 Å². The molecule has 2 aromatic heterocycles. The van der Waals surface area contributed by atoms with Crippen LogP contribution < -0.4 is 9.80 Å². The van der Waals surface area contributed by atoms with Gasteiger partial charge in [0, 0.05) is 63.0 Å². The Labute approximate surface area is 196 Å². The topological polar surface area (TPSA) is 95.7 Å². The number of hydrogen-bond donors (Lipinski definition) is 0. The third-order valence-electron chi connectivity index (χ3n) is 6.30. The van der Waals surface area contributed by atoms with Crippen LogP contribution in [-0.2, 0) is 16.0 Å². The van der Waals surface area contributed by atoms with E-state index in [1.54, 1.807) is 23.2 Å². The number of nitrogens with zero attached hydrogens (tertiary/aromatic N) is 6. The van der Waals surface area contributed by atoms with Crippen LogP contribution in [0.3, 0.4) is 0 Å². The van der Waals surface area contributed by atoms with E-state index in [4.69, 9.17) is 4.52 Å². The Morgan fingerprint density at radius 1 is 1.12 bits per heavy atom. The molecule has 0 bridgehead atoms. The number of amides is 2. The Morgan fingerprint density at radius 3 is 2.53 bits per heavy atom. The molecule has 5 rings (SSSR count). The molecular formula is C24H25FN6O3. The fraction of sp³-hybridized carbons (Fsp3) is 0.375. The van der Waals surface area contributed by atoms with Gasteiger partial charge in [-0.1, -0.05) is 12.1 Å². The number of halogens is 1. The van der Waals surface area contributed by atoms with E-state index in [2.05, 4.69) is 20.0 Å². The fourth-order valence-corrected chi connectivity index (χ4v) is 4.38. The second kappa shape index (κ2) is 9.20. The van der Waals surface area contributed by atoms with Gasteiger partial charge in [-0.3, -0.25) is 9.59 Å². The quantitative estimate of drug-likeness (QED) is 0.573. The lowest BCUT2D eigenvalue weighted by atomic mass is 10.1. The van der Waals surface area contributed by atoms with Gasteiger partial charge in [0.05, 0.1) is 5.92 Å². The van der Waals surface area contributed by atoms with Gasteiger partial charge >= 0.3 is 0 Å². The van der Waals surface area contributed by atoms with Crippen LogP contribution in [0.5, 0.6) is 0 Å². The van der Waals surface area contributed by atoms with Gasteiger partial charge in [-0.25, -0.2) is 9.37 Å². The van der Waals surface area contributed by atoms with Crippen molar-refractivity contribution < 1.29 is 18.5 Å². The lowest BCUT2D eigenvalue weighted by Gasteiger charge is -2.36. The summed E-state index contributed by atoms with van der Waals surface area (Å²) in [6.45, 7) is 4.71. The van der Waals surface area contributed by atoms with Gasteiger partial charge in [0.2, 0.25) is 23.5 Å². The Kier molecular flexibility index (Phi) is 5.95. The summed E-state index contributed by atoms with van der Waals surface area (Å²) in [6, 6.07) is 9.62. The van der Waals surface area contributed by atoms with Crippen molar-refractivity contribution in [1.29, 1.82) is 0 Å². The zero-order valence-corrected chi connectivity index (χ0v) is 18.9. The van der Waals surface area contributed by atoms with Crippen molar-refractivity contribution in [2.45, 2.75) is 19.8 Å². The second-order valence-corrected chi connectivity index (χ2v) is 8.46. The molecule has 10 heteroatoms. The number of aromatic nitrogens is 3. The van der Waals surface area contributed by atoms with Gasteiger partial charge in [0.15, 0.2) is 0 Å². The molecule has 0 radical (unpaired) electrons. The molecule has 2 amide bonds. The van der Waals surface area contributed by atoms with Gasteiger partial charge in [-0.05, 0) is 36.4 Å². The van der Waals surface area contributed by atoms with E-state index in [0.717, 1.165) is 11.4 Å². The fourth-order valence-electron chi connectivity index (χ4n) is 4.38. The summed E-state index contributed by atoms with van der Waals surface area (Å²) in [4.78, 5) is 39.9. The van der Waals surface area contributed by atoms with Gasteiger partial charge in [-0.2, -0.15) is 4.98 Å². The summed E-state index contributed by atoms with van der Waals surface area (Å²) in [5.41, 5.74) is 1.41. The molecule has 1 aromatic carbocycles. The van der Waals surface area contributed by atoms with E-state index in [-0.39, 0.29) is 30.0 Å². The smallest absolute Gasteiger partial charge is 0.228 e. The van der Waals surface area contributed by atoms with E-state index in [1.165, 1.54) is 12.1 Å². The molecule has 2 fully saturated rings. The lowest BCUT2D eigenvalue weighted by molar-refractivity contribution is -0.136. The minimum Gasteiger partial charge on any atom is -0.353 e. The molecule has 1 unspecified atom stereocenters. The molecule has 34 heavy (non-hydrogen) atoms. The van der Waals surface area contributed by atoms with Crippen LogP contribution in [0.25, 0.3) is 11.4 Å². The lowest BCUT2D eigenvalue weighted by Crippen LogP contribution is -2.51. The molecule has 9 nitrogen and oxygen atoms in total. The summed E-state index contributed by atoms with van der Waals surface area (Å²) in [5, 5.41) is 3.97. The first-order chi connectivity index (χ1) is 16.5. The molecule has 0 spiro atoms. The number of piperazine rings is 1. The zero-order chi connectivity index (χ0) is 23.7. The minimum absolute atomic E-state index is 0.00949. The summed E-state index contributed by atoms with van der Waals surface area (Å²) in [6.07, 6.45) is 2.58. The van der Waals surface area contributed by atoms with Crippen LogP contribution in [0.2, 0.25) is 0 Å². The van der Waals surface area contributed by atoms with E-state index >= 15 is 0 Å². The molecular weight excluding hydrogens is 439 g/mol. The molecule has 2 aliphatic rings. The number of hydrogen-bond acceptors (Lipinski definition) is 7. The van der Waals surface area contributed by atoms with E-state index in [0.29, 0.717) is 56.5 Å². The van der Waals surface area contributed by atoms with Gasteiger partial charge < -0.3 is 19.2 Å². The predicted octanol–water partition coefficient (Wildman–Crippen LogP) is 2.53. The van der Waals surface area contributed by atoms with Crippen molar-refractivity contribution in [3.63, 3.8) is 0 Å². The highest BCUT2D eigenvalue weighted by Gasteiger charge is 2.38. The number of carbonyl (C=O) groups is 2. The number of carbonyl (C=O) groups excluding carboxylic acids is 2. The van der Waals surface area contributed by atoms with Crippen molar-refractivity contribution in [3.8, 4) is 11.4 Å². The Bertz CT molecular complexity index is 1170. The Hall–Kier alpha value is -3.82. The molecule has 4 heterocycles. The number of benzene rings is 1. The highest BCUT2D eigenvalue weighted by molar-refractivity contribution is 6.00. The SMILES string of the molecule is CCc1nc(-c2ccc(N3CCN(C(=O)C4CC(=O)N(c5ccc(F)cc5)C4)CC3)nc2)no1. The minimum atomic E-state index is -0.385. The maximum atomic E-state index is 13.2. The molecule has 176 valence electrons. The van der Waals surface area contributed by atoms with Gasteiger partial charge in [0.1, 0.15) is 11.6 Å². The molecule has 0 N–H and O–H groups in total. The number of anilines is 2. The maximum Gasteiger partial charge on any atom is 0.228 e. The predicted molar refractivity (Wildman–Crippen MR) is 123 cm³/mol. The second-order valence-electron chi connectivity index (χ2n) is 8.46. The standard InChI is InChI=1S/C24H25FN6O3/c1-2-21-27-23(28-34-21)16-3-8-20(26-14-16)29-9-11-30(12-10-29)24(33)17-13-22(32)31(15-17)19-6-4-18(25)5-7-19/h3-8,14,17H,2,9-13,15H2,1H3. The average molecular weight is 465 g/mol. The normalized spacial score (nSPS) is 18.6.